The van der Waals surface area contributed by atoms with Gasteiger partial charge in [-0.05, 0) is 66.6 Å². The lowest BCUT2D eigenvalue weighted by Crippen LogP contribution is -2.05. The monoisotopic (exact) mass is 312 g/mol. The SMILES string of the molecule is Cc1cc(COc2ccc(CC(C)C)cc2)cc(C(=O)O)c1C. The Kier molecular flexibility index (Phi) is 5.43. The number of ether oxygens (including phenoxy) is 1. The van der Waals surface area contributed by atoms with Crippen molar-refractivity contribution in [2.24, 2.45) is 5.92 Å². The minimum Gasteiger partial charge on any atom is -0.489 e. The largest absolute Gasteiger partial charge is 0.489 e. The molecule has 0 bridgehead atoms. The topological polar surface area (TPSA) is 46.5 Å². The van der Waals surface area contributed by atoms with Gasteiger partial charge in [-0.3, -0.25) is 0 Å². The molecule has 0 aromatic heterocycles. The molecular weight excluding hydrogens is 288 g/mol. The maximum atomic E-state index is 11.3. The summed E-state index contributed by atoms with van der Waals surface area (Å²) in [6.45, 7) is 8.52. The van der Waals surface area contributed by atoms with Crippen LogP contribution in [0, 0.1) is 19.8 Å². The molecule has 0 saturated carbocycles. The number of carboxylic acids is 1. The minimum absolute atomic E-state index is 0.343. The molecule has 23 heavy (non-hydrogen) atoms. The Morgan fingerprint density at radius 2 is 1.74 bits per heavy atom. The first-order valence-electron chi connectivity index (χ1n) is 7.92. The number of aryl methyl sites for hydroxylation is 1. The minimum atomic E-state index is -0.898. The highest BCUT2D eigenvalue weighted by molar-refractivity contribution is 5.90. The summed E-state index contributed by atoms with van der Waals surface area (Å²) in [5, 5.41) is 9.26. The molecule has 0 aliphatic heterocycles. The van der Waals surface area contributed by atoms with E-state index in [-0.39, 0.29) is 0 Å². The molecule has 0 heterocycles. The number of hydrogen-bond donors (Lipinski definition) is 1. The van der Waals surface area contributed by atoms with Crippen LogP contribution in [0.3, 0.4) is 0 Å². The Labute approximate surface area is 137 Å². The highest BCUT2D eigenvalue weighted by Gasteiger charge is 2.11. The Balaban J connectivity index is 2.07. The summed E-state index contributed by atoms with van der Waals surface area (Å²) >= 11 is 0. The average Bonchev–Trinajstić information content (AvgIpc) is 2.49. The Morgan fingerprint density at radius 3 is 2.30 bits per heavy atom. The zero-order valence-corrected chi connectivity index (χ0v) is 14.2. The third-order valence-electron chi connectivity index (χ3n) is 3.93. The van der Waals surface area contributed by atoms with Crippen molar-refractivity contribution in [3.63, 3.8) is 0 Å². The van der Waals surface area contributed by atoms with E-state index in [1.165, 1.54) is 5.56 Å². The van der Waals surface area contributed by atoms with Crippen LogP contribution < -0.4 is 4.74 Å². The van der Waals surface area contributed by atoms with E-state index in [1.807, 2.05) is 32.0 Å². The van der Waals surface area contributed by atoms with Gasteiger partial charge in [-0.1, -0.05) is 32.0 Å². The van der Waals surface area contributed by atoms with Crippen LogP contribution in [0.5, 0.6) is 5.75 Å². The molecule has 0 amide bonds. The van der Waals surface area contributed by atoms with E-state index in [4.69, 9.17) is 4.74 Å². The van der Waals surface area contributed by atoms with Crippen molar-refractivity contribution < 1.29 is 14.6 Å². The zero-order chi connectivity index (χ0) is 17.0. The Hall–Kier alpha value is -2.29. The molecular formula is C20H24O3. The van der Waals surface area contributed by atoms with E-state index in [9.17, 15) is 9.90 Å². The number of carboxylic acid groups (broad SMARTS) is 1. The number of carbonyl (C=O) groups is 1. The van der Waals surface area contributed by atoms with Crippen molar-refractivity contribution in [2.45, 2.75) is 40.7 Å². The molecule has 2 rings (SSSR count). The second-order valence-corrected chi connectivity index (χ2v) is 6.42. The summed E-state index contributed by atoms with van der Waals surface area (Å²) in [5.74, 6) is 0.532. The van der Waals surface area contributed by atoms with Gasteiger partial charge in [-0.25, -0.2) is 4.79 Å². The maximum Gasteiger partial charge on any atom is 0.335 e. The molecule has 0 spiro atoms. The van der Waals surface area contributed by atoms with Crippen molar-refractivity contribution in [1.82, 2.24) is 0 Å². The summed E-state index contributed by atoms with van der Waals surface area (Å²) < 4.78 is 5.79. The lowest BCUT2D eigenvalue weighted by molar-refractivity contribution is 0.0695. The third kappa shape index (κ3) is 4.59. The molecule has 1 N–H and O–H groups in total. The molecule has 0 aliphatic rings. The normalized spacial score (nSPS) is 10.8. The summed E-state index contributed by atoms with van der Waals surface area (Å²) in [5.41, 5.74) is 4.29. The van der Waals surface area contributed by atoms with E-state index in [0.29, 0.717) is 18.1 Å². The van der Waals surface area contributed by atoms with Crippen LogP contribution in [0.25, 0.3) is 0 Å². The molecule has 0 saturated heterocycles. The highest BCUT2D eigenvalue weighted by Crippen LogP contribution is 2.20. The molecule has 0 fully saturated rings. The van der Waals surface area contributed by atoms with E-state index >= 15 is 0 Å². The maximum absolute atomic E-state index is 11.3. The first kappa shape index (κ1) is 17.1. The molecule has 2 aromatic rings. The van der Waals surface area contributed by atoms with Crippen LogP contribution in [0.2, 0.25) is 0 Å². The quantitative estimate of drug-likeness (QED) is 0.835. The molecule has 0 aliphatic carbocycles. The number of rotatable bonds is 6. The molecule has 0 radical (unpaired) electrons. The Morgan fingerprint density at radius 1 is 1.09 bits per heavy atom. The fourth-order valence-electron chi connectivity index (χ4n) is 2.60. The number of aromatic carboxylic acids is 1. The predicted octanol–water partition coefficient (Wildman–Crippen LogP) is 4.78. The zero-order valence-electron chi connectivity index (χ0n) is 14.2. The van der Waals surface area contributed by atoms with Crippen molar-refractivity contribution in [1.29, 1.82) is 0 Å². The number of benzene rings is 2. The first-order valence-corrected chi connectivity index (χ1v) is 7.92. The lowest BCUT2D eigenvalue weighted by Gasteiger charge is -2.11. The van der Waals surface area contributed by atoms with Gasteiger partial charge in [0, 0.05) is 0 Å². The van der Waals surface area contributed by atoms with Crippen LogP contribution >= 0.6 is 0 Å². The van der Waals surface area contributed by atoms with Gasteiger partial charge in [0.05, 0.1) is 5.56 Å². The van der Waals surface area contributed by atoms with Crippen LogP contribution in [0.1, 0.15) is 46.5 Å². The standard InChI is InChI=1S/C20H24O3/c1-13(2)9-16-5-7-18(8-6-16)23-12-17-10-14(3)15(4)19(11-17)20(21)22/h5-8,10-11,13H,9,12H2,1-4H3,(H,21,22). The van der Waals surface area contributed by atoms with Gasteiger partial charge < -0.3 is 9.84 Å². The third-order valence-corrected chi connectivity index (χ3v) is 3.93. The lowest BCUT2D eigenvalue weighted by atomic mass is 10.00. The van der Waals surface area contributed by atoms with Gasteiger partial charge in [0.25, 0.3) is 0 Å². The van der Waals surface area contributed by atoms with E-state index < -0.39 is 5.97 Å². The molecule has 2 aromatic carbocycles. The second kappa shape index (κ2) is 7.32. The summed E-state index contributed by atoms with van der Waals surface area (Å²) in [7, 11) is 0. The molecule has 3 nitrogen and oxygen atoms in total. The summed E-state index contributed by atoms with van der Waals surface area (Å²) in [4.78, 5) is 11.3. The fourth-order valence-corrected chi connectivity index (χ4v) is 2.60. The predicted molar refractivity (Wildman–Crippen MR) is 92.2 cm³/mol. The van der Waals surface area contributed by atoms with Crippen LogP contribution in [0.4, 0.5) is 0 Å². The molecule has 0 atom stereocenters. The molecule has 122 valence electrons. The van der Waals surface area contributed by atoms with Crippen LogP contribution in [-0.4, -0.2) is 11.1 Å². The van der Waals surface area contributed by atoms with Crippen molar-refractivity contribution in [3.05, 3.63) is 64.2 Å². The number of hydrogen-bond acceptors (Lipinski definition) is 2. The Bertz CT molecular complexity index is 685. The van der Waals surface area contributed by atoms with Crippen LogP contribution in [-0.2, 0) is 13.0 Å². The van der Waals surface area contributed by atoms with Gasteiger partial charge in [0.1, 0.15) is 12.4 Å². The van der Waals surface area contributed by atoms with E-state index in [1.54, 1.807) is 6.07 Å². The van der Waals surface area contributed by atoms with Crippen molar-refractivity contribution in [2.75, 3.05) is 0 Å². The van der Waals surface area contributed by atoms with Crippen molar-refractivity contribution >= 4 is 5.97 Å². The smallest absolute Gasteiger partial charge is 0.335 e. The van der Waals surface area contributed by atoms with Crippen LogP contribution in [0.15, 0.2) is 36.4 Å². The fraction of sp³-hybridized carbons (Fsp3) is 0.350. The van der Waals surface area contributed by atoms with Gasteiger partial charge in [-0.15, -0.1) is 0 Å². The van der Waals surface area contributed by atoms with Gasteiger partial charge in [-0.2, -0.15) is 0 Å². The van der Waals surface area contributed by atoms with Gasteiger partial charge in [0.15, 0.2) is 0 Å². The van der Waals surface area contributed by atoms with Gasteiger partial charge >= 0.3 is 5.97 Å². The van der Waals surface area contributed by atoms with Crippen molar-refractivity contribution in [3.8, 4) is 5.75 Å². The molecule has 3 heteroatoms. The summed E-state index contributed by atoms with van der Waals surface area (Å²) in [6.07, 6.45) is 1.05. The van der Waals surface area contributed by atoms with E-state index in [2.05, 4.69) is 26.0 Å². The summed E-state index contributed by atoms with van der Waals surface area (Å²) in [6, 6.07) is 11.8. The second-order valence-electron chi connectivity index (χ2n) is 6.42. The average molecular weight is 312 g/mol. The highest BCUT2D eigenvalue weighted by atomic mass is 16.5. The first-order chi connectivity index (χ1) is 10.9. The van der Waals surface area contributed by atoms with E-state index in [0.717, 1.165) is 28.9 Å². The van der Waals surface area contributed by atoms with Gasteiger partial charge in [0.2, 0.25) is 0 Å². The molecule has 0 unspecified atom stereocenters.